The van der Waals surface area contributed by atoms with Crippen molar-refractivity contribution in [2.24, 2.45) is 0 Å². The largest absolute Gasteiger partial charge is 0.481 e. The topological polar surface area (TPSA) is 63.1 Å². The van der Waals surface area contributed by atoms with Gasteiger partial charge in [0.15, 0.2) is 0 Å². The standard InChI is InChI=1S/C16H14N2O2S/c1-10-2-4-11(5-3-10)8-13(16(19)20)14-12-6-7-21-15(12)18-9-17-14/h2-7,9,13H,8H2,1H3,(H,19,20). The molecule has 2 aromatic heterocycles. The van der Waals surface area contributed by atoms with Gasteiger partial charge in [0.1, 0.15) is 17.1 Å². The number of benzene rings is 1. The Labute approximate surface area is 126 Å². The molecule has 0 fully saturated rings. The van der Waals surface area contributed by atoms with Crippen LogP contribution in [-0.4, -0.2) is 21.0 Å². The lowest BCUT2D eigenvalue weighted by Gasteiger charge is -2.13. The Morgan fingerprint density at radius 2 is 2.00 bits per heavy atom. The number of aryl methyl sites for hydroxylation is 1. The zero-order chi connectivity index (χ0) is 14.8. The van der Waals surface area contributed by atoms with Crippen LogP contribution in [-0.2, 0) is 11.2 Å². The van der Waals surface area contributed by atoms with E-state index >= 15 is 0 Å². The Balaban J connectivity index is 2.00. The van der Waals surface area contributed by atoms with Crippen LogP contribution in [0.4, 0.5) is 0 Å². The fraction of sp³-hybridized carbons (Fsp3) is 0.188. The predicted octanol–water partition coefficient (Wildman–Crippen LogP) is 3.41. The molecule has 3 rings (SSSR count). The van der Waals surface area contributed by atoms with Crippen molar-refractivity contribution >= 4 is 27.5 Å². The molecular weight excluding hydrogens is 284 g/mol. The summed E-state index contributed by atoms with van der Waals surface area (Å²) in [5.41, 5.74) is 2.75. The molecule has 1 atom stereocenters. The zero-order valence-corrected chi connectivity index (χ0v) is 12.3. The number of thiophene rings is 1. The van der Waals surface area contributed by atoms with Gasteiger partial charge < -0.3 is 5.11 Å². The van der Waals surface area contributed by atoms with Gasteiger partial charge in [0.25, 0.3) is 0 Å². The van der Waals surface area contributed by atoms with E-state index in [4.69, 9.17) is 0 Å². The highest BCUT2D eigenvalue weighted by Gasteiger charge is 2.24. The molecule has 0 aliphatic heterocycles. The highest BCUT2D eigenvalue weighted by atomic mass is 32.1. The third kappa shape index (κ3) is 2.78. The van der Waals surface area contributed by atoms with Crippen LogP contribution in [0.3, 0.4) is 0 Å². The first kappa shape index (κ1) is 13.7. The highest BCUT2D eigenvalue weighted by molar-refractivity contribution is 7.16. The number of aromatic nitrogens is 2. The summed E-state index contributed by atoms with van der Waals surface area (Å²) >= 11 is 1.49. The van der Waals surface area contributed by atoms with Crippen LogP contribution >= 0.6 is 11.3 Å². The number of carboxylic acid groups (broad SMARTS) is 1. The van der Waals surface area contributed by atoms with Crippen molar-refractivity contribution in [3.8, 4) is 0 Å². The smallest absolute Gasteiger partial charge is 0.312 e. The summed E-state index contributed by atoms with van der Waals surface area (Å²) in [7, 11) is 0. The molecule has 0 aliphatic rings. The Hall–Kier alpha value is -2.27. The van der Waals surface area contributed by atoms with E-state index in [-0.39, 0.29) is 0 Å². The zero-order valence-electron chi connectivity index (χ0n) is 11.5. The fourth-order valence-electron chi connectivity index (χ4n) is 2.35. The molecule has 0 spiro atoms. The molecule has 0 saturated carbocycles. The third-order valence-corrected chi connectivity index (χ3v) is 4.30. The molecular formula is C16H14N2O2S. The molecule has 0 saturated heterocycles. The first-order chi connectivity index (χ1) is 10.1. The molecule has 0 amide bonds. The molecule has 106 valence electrons. The van der Waals surface area contributed by atoms with Gasteiger partial charge in [-0.3, -0.25) is 4.79 Å². The first-order valence-corrected chi connectivity index (χ1v) is 7.49. The van der Waals surface area contributed by atoms with Gasteiger partial charge in [-0.05, 0) is 30.4 Å². The minimum atomic E-state index is -0.859. The van der Waals surface area contributed by atoms with Gasteiger partial charge >= 0.3 is 5.97 Å². The van der Waals surface area contributed by atoms with Gasteiger partial charge in [0, 0.05) is 5.39 Å². The lowest BCUT2D eigenvalue weighted by Crippen LogP contribution is -2.16. The SMILES string of the molecule is Cc1ccc(CC(C(=O)O)c2ncnc3sccc23)cc1. The van der Waals surface area contributed by atoms with E-state index < -0.39 is 11.9 Å². The molecule has 1 aromatic carbocycles. The van der Waals surface area contributed by atoms with Gasteiger partial charge in [0.05, 0.1) is 5.69 Å². The molecule has 4 nitrogen and oxygen atoms in total. The van der Waals surface area contributed by atoms with E-state index in [1.54, 1.807) is 0 Å². The second kappa shape index (κ2) is 5.61. The van der Waals surface area contributed by atoms with Crippen molar-refractivity contribution in [3.05, 3.63) is 58.9 Å². The van der Waals surface area contributed by atoms with Crippen LogP contribution in [0.1, 0.15) is 22.7 Å². The van der Waals surface area contributed by atoms with Gasteiger partial charge in [-0.1, -0.05) is 29.8 Å². The molecule has 0 radical (unpaired) electrons. The maximum Gasteiger partial charge on any atom is 0.312 e. The molecule has 0 bridgehead atoms. The van der Waals surface area contributed by atoms with Gasteiger partial charge in [0.2, 0.25) is 0 Å². The molecule has 2 heterocycles. The second-order valence-corrected chi connectivity index (χ2v) is 5.87. The van der Waals surface area contributed by atoms with Crippen molar-refractivity contribution in [2.45, 2.75) is 19.3 Å². The maximum absolute atomic E-state index is 11.7. The van der Waals surface area contributed by atoms with Crippen molar-refractivity contribution in [2.75, 3.05) is 0 Å². The van der Waals surface area contributed by atoms with Crippen molar-refractivity contribution in [1.29, 1.82) is 0 Å². The highest BCUT2D eigenvalue weighted by Crippen LogP contribution is 2.28. The van der Waals surface area contributed by atoms with Crippen LogP contribution in [0.15, 0.2) is 42.0 Å². The maximum atomic E-state index is 11.7. The van der Waals surface area contributed by atoms with E-state index in [2.05, 4.69) is 9.97 Å². The van der Waals surface area contributed by atoms with Crippen molar-refractivity contribution < 1.29 is 9.90 Å². The quantitative estimate of drug-likeness (QED) is 0.801. The summed E-state index contributed by atoms with van der Waals surface area (Å²) in [6, 6.07) is 9.82. The number of hydrogen-bond acceptors (Lipinski definition) is 4. The minimum Gasteiger partial charge on any atom is -0.481 e. The number of carboxylic acids is 1. The lowest BCUT2D eigenvalue weighted by molar-refractivity contribution is -0.138. The number of aliphatic carboxylic acids is 1. The minimum absolute atomic E-state index is 0.428. The van der Waals surface area contributed by atoms with E-state index in [9.17, 15) is 9.90 Å². The van der Waals surface area contributed by atoms with E-state index in [1.807, 2.05) is 42.6 Å². The van der Waals surface area contributed by atoms with Crippen molar-refractivity contribution in [3.63, 3.8) is 0 Å². The number of rotatable bonds is 4. The molecule has 3 aromatic rings. The van der Waals surface area contributed by atoms with Crippen LogP contribution in [0.5, 0.6) is 0 Å². The summed E-state index contributed by atoms with van der Waals surface area (Å²) in [6.07, 6.45) is 1.87. The summed E-state index contributed by atoms with van der Waals surface area (Å²) in [5, 5.41) is 12.3. The number of nitrogens with zero attached hydrogens (tertiary/aromatic N) is 2. The van der Waals surface area contributed by atoms with Crippen LogP contribution in [0.2, 0.25) is 0 Å². The Kier molecular flexibility index (Phi) is 3.66. The second-order valence-electron chi connectivity index (χ2n) is 4.98. The number of hydrogen-bond donors (Lipinski definition) is 1. The molecule has 1 unspecified atom stereocenters. The normalized spacial score (nSPS) is 12.4. The van der Waals surface area contributed by atoms with E-state index in [0.29, 0.717) is 12.1 Å². The Bertz CT molecular complexity index is 780. The monoisotopic (exact) mass is 298 g/mol. The van der Waals surface area contributed by atoms with Crippen LogP contribution in [0.25, 0.3) is 10.2 Å². The van der Waals surface area contributed by atoms with E-state index in [0.717, 1.165) is 21.3 Å². The van der Waals surface area contributed by atoms with Crippen LogP contribution < -0.4 is 0 Å². The first-order valence-electron chi connectivity index (χ1n) is 6.61. The summed E-state index contributed by atoms with van der Waals surface area (Å²) in [5.74, 6) is -1.52. The molecule has 0 aliphatic carbocycles. The van der Waals surface area contributed by atoms with Gasteiger partial charge in [-0.2, -0.15) is 0 Å². The summed E-state index contributed by atoms with van der Waals surface area (Å²) < 4.78 is 0. The van der Waals surface area contributed by atoms with Gasteiger partial charge in [-0.25, -0.2) is 9.97 Å². The summed E-state index contributed by atoms with van der Waals surface area (Å²) in [4.78, 5) is 20.9. The average Bonchev–Trinajstić information content (AvgIpc) is 2.95. The predicted molar refractivity (Wildman–Crippen MR) is 82.7 cm³/mol. The van der Waals surface area contributed by atoms with Crippen molar-refractivity contribution in [1.82, 2.24) is 9.97 Å². The number of fused-ring (bicyclic) bond motifs is 1. The summed E-state index contributed by atoms with van der Waals surface area (Å²) in [6.45, 7) is 2.01. The molecule has 21 heavy (non-hydrogen) atoms. The third-order valence-electron chi connectivity index (χ3n) is 3.48. The fourth-order valence-corrected chi connectivity index (χ4v) is 3.09. The van der Waals surface area contributed by atoms with Gasteiger partial charge in [-0.15, -0.1) is 11.3 Å². The Morgan fingerprint density at radius 1 is 1.24 bits per heavy atom. The molecule has 5 heteroatoms. The molecule has 1 N–H and O–H groups in total. The number of carbonyl (C=O) groups is 1. The average molecular weight is 298 g/mol. The Morgan fingerprint density at radius 3 is 2.71 bits per heavy atom. The van der Waals surface area contributed by atoms with Crippen LogP contribution in [0, 0.1) is 6.92 Å². The van der Waals surface area contributed by atoms with E-state index in [1.165, 1.54) is 17.7 Å². The lowest BCUT2D eigenvalue weighted by atomic mass is 9.94.